The van der Waals surface area contributed by atoms with E-state index in [2.05, 4.69) is 9.82 Å². The average molecular weight is 325 g/mol. The van der Waals surface area contributed by atoms with Crippen molar-refractivity contribution in [1.29, 1.82) is 0 Å². The zero-order chi connectivity index (χ0) is 15.5. The van der Waals surface area contributed by atoms with Crippen molar-refractivity contribution in [3.63, 3.8) is 0 Å². The third-order valence-corrected chi connectivity index (χ3v) is 5.33. The van der Waals surface area contributed by atoms with Crippen LogP contribution >= 0.6 is 11.8 Å². The number of thioether (sulfide) groups is 1. The molecule has 1 aromatic carbocycles. The van der Waals surface area contributed by atoms with Gasteiger partial charge in [-0.05, 0) is 30.9 Å². The highest BCUT2D eigenvalue weighted by atomic mass is 32.2. The molecular formula is C14H19N3O2S2. The van der Waals surface area contributed by atoms with Gasteiger partial charge in [0.05, 0.1) is 11.1 Å². The largest absolute Gasteiger partial charge is 0.273 e. The highest BCUT2D eigenvalue weighted by Crippen LogP contribution is 2.16. The van der Waals surface area contributed by atoms with Crippen LogP contribution in [0.4, 0.5) is 0 Å². The lowest BCUT2D eigenvalue weighted by Gasteiger charge is -2.08. The van der Waals surface area contributed by atoms with Crippen molar-refractivity contribution in [2.75, 3.05) is 6.26 Å². The Morgan fingerprint density at radius 1 is 1.38 bits per heavy atom. The van der Waals surface area contributed by atoms with Gasteiger partial charge in [-0.1, -0.05) is 12.1 Å². The second-order valence-corrected chi connectivity index (χ2v) is 7.42. The van der Waals surface area contributed by atoms with Gasteiger partial charge in [-0.2, -0.15) is 16.9 Å². The minimum atomic E-state index is -3.50. The van der Waals surface area contributed by atoms with E-state index in [9.17, 15) is 8.42 Å². The van der Waals surface area contributed by atoms with E-state index in [1.165, 1.54) is 0 Å². The highest BCUT2D eigenvalue weighted by molar-refractivity contribution is 7.97. The number of rotatable bonds is 6. The van der Waals surface area contributed by atoms with Crippen LogP contribution in [0.15, 0.2) is 35.4 Å². The van der Waals surface area contributed by atoms with Gasteiger partial charge in [0.1, 0.15) is 0 Å². The van der Waals surface area contributed by atoms with Crippen LogP contribution in [0.25, 0.3) is 0 Å². The highest BCUT2D eigenvalue weighted by Gasteiger charge is 2.15. The second-order valence-electron chi connectivity index (χ2n) is 4.78. The molecule has 21 heavy (non-hydrogen) atoms. The van der Waals surface area contributed by atoms with Gasteiger partial charge in [-0.15, -0.1) is 0 Å². The summed E-state index contributed by atoms with van der Waals surface area (Å²) >= 11 is 1.66. The van der Waals surface area contributed by atoms with Crippen molar-refractivity contribution < 1.29 is 8.42 Å². The topological polar surface area (TPSA) is 64.0 Å². The van der Waals surface area contributed by atoms with Gasteiger partial charge in [-0.3, -0.25) is 4.68 Å². The maximum Gasteiger partial charge on any atom is 0.240 e. The molecule has 2 rings (SSSR count). The molecule has 7 heteroatoms. The first-order valence-electron chi connectivity index (χ1n) is 6.49. The van der Waals surface area contributed by atoms with Crippen molar-refractivity contribution in [2.24, 2.45) is 7.05 Å². The van der Waals surface area contributed by atoms with Gasteiger partial charge in [0.25, 0.3) is 0 Å². The van der Waals surface area contributed by atoms with Crippen molar-refractivity contribution in [1.82, 2.24) is 14.5 Å². The lowest BCUT2D eigenvalue weighted by atomic mass is 10.2. The van der Waals surface area contributed by atoms with E-state index in [0.717, 1.165) is 22.6 Å². The molecule has 0 aliphatic carbocycles. The first-order valence-corrected chi connectivity index (χ1v) is 9.37. The maximum atomic E-state index is 12.3. The van der Waals surface area contributed by atoms with Gasteiger partial charge in [-0.25, -0.2) is 13.1 Å². The van der Waals surface area contributed by atoms with Crippen LogP contribution in [0.2, 0.25) is 0 Å². The third-order valence-electron chi connectivity index (χ3n) is 3.31. The average Bonchev–Trinajstić information content (AvgIpc) is 2.77. The molecule has 0 fully saturated rings. The Kier molecular flexibility index (Phi) is 5.08. The normalized spacial score (nSPS) is 11.8. The molecule has 0 spiro atoms. The summed E-state index contributed by atoms with van der Waals surface area (Å²) < 4.78 is 29.0. The summed E-state index contributed by atoms with van der Waals surface area (Å²) in [4.78, 5) is 0.301. The molecule has 0 atom stereocenters. The monoisotopic (exact) mass is 325 g/mol. The van der Waals surface area contributed by atoms with Gasteiger partial charge in [0.2, 0.25) is 10.0 Å². The minimum absolute atomic E-state index is 0.245. The number of nitrogens with zero attached hydrogens (tertiary/aromatic N) is 2. The molecule has 2 aromatic rings. The summed E-state index contributed by atoms with van der Waals surface area (Å²) in [6.07, 6.45) is 3.67. The van der Waals surface area contributed by atoms with Crippen LogP contribution < -0.4 is 4.72 Å². The van der Waals surface area contributed by atoms with Crippen LogP contribution in [0.3, 0.4) is 0 Å². The summed E-state index contributed by atoms with van der Waals surface area (Å²) in [5.41, 5.74) is 2.83. The zero-order valence-electron chi connectivity index (χ0n) is 12.3. The Bertz CT molecular complexity index is 724. The van der Waals surface area contributed by atoms with E-state index in [4.69, 9.17) is 0 Å². The van der Waals surface area contributed by atoms with Gasteiger partial charge < -0.3 is 0 Å². The van der Waals surface area contributed by atoms with Gasteiger partial charge >= 0.3 is 0 Å². The van der Waals surface area contributed by atoms with Crippen molar-refractivity contribution >= 4 is 21.8 Å². The predicted molar refractivity (Wildman–Crippen MR) is 85.6 cm³/mol. The van der Waals surface area contributed by atoms with Crippen LogP contribution in [0.1, 0.15) is 16.8 Å². The number of benzene rings is 1. The fraction of sp³-hybridized carbons (Fsp3) is 0.357. The number of hydrogen-bond donors (Lipinski definition) is 1. The Hall–Kier alpha value is -1.31. The van der Waals surface area contributed by atoms with Gasteiger partial charge in [0.15, 0.2) is 0 Å². The molecule has 1 aromatic heterocycles. The van der Waals surface area contributed by atoms with E-state index >= 15 is 0 Å². The Balaban J connectivity index is 2.15. The number of sulfonamides is 1. The lowest BCUT2D eigenvalue weighted by molar-refractivity contribution is 0.581. The lowest BCUT2D eigenvalue weighted by Crippen LogP contribution is -2.23. The summed E-state index contributed by atoms with van der Waals surface area (Å²) in [6, 6.07) is 7.04. The first-order chi connectivity index (χ1) is 9.94. The molecule has 0 amide bonds. The molecule has 0 bridgehead atoms. The van der Waals surface area contributed by atoms with E-state index in [1.54, 1.807) is 40.8 Å². The summed E-state index contributed by atoms with van der Waals surface area (Å²) in [7, 11) is -1.67. The quantitative estimate of drug-likeness (QED) is 0.883. The van der Waals surface area contributed by atoms with E-state index < -0.39 is 10.0 Å². The van der Waals surface area contributed by atoms with Crippen LogP contribution in [-0.2, 0) is 29.4 Å². The van der Waals surface area contributed by atoms with Crippen molar-refractivity contribution in [3.8, 4) is 0 Å². The molecule has 0 unspecified atom stereocenters. The van der Waals surface area contributed by atoms with Crippen LogP contribution in [0.5, 0.6) is 0 Å². The Labute approximate surface area is 129 Å². The summed E-state index contributed by atoms with van der Waals surface area (Å²) in [5.74, 6) is 0.797. The molecule has 5 nitrogen and oxygen atoms in total. The maximum absolute atomic E-state index is 12.3. The van der Waals surface area contributed by atoms with Crippen LogP contribution in [0, 0.1) is 6.92 Å². The number of aromatic nitrogens is 2. The molecule has 0 saturated carbocycles. The smallest absolute Gasteiger partial charge is 0.240 e. The molecule has 114 valence electrons. The number of hydrogen-bond acceptors (Lipinski definition) is 4. The predicted octanol–water partition coefficient (Wildman–Crippen LogP) is 2.07. The number of aryl methyl sites for hydroxylation is 1. The van der Waals surface area contributed by atoms with E-state index in [1.807, 2.05) is 26.3 Å². The summed E-state index contributed by atoms with van der Waals surface area (Å²) in [6.45, 7) is 2.16. The molecule has 1 N–H and O–H groups in total. The molecule has 1 heterocycles. The Morgan fingerprint density at radius 2 is 2.14 bits per heavy atom. The zero-order valence-corrected chi connectivity index (χ0v) is 14.0. The van der Waals surface area contributed by atoms with Crippen molar-refractivity contribution in [2.45, 2.75) is 24.1 Å². The standard InChI is InChI=1S/C14H19N3O2S2/c1-11-13(8-15-17(11)2)9-16-21(18,19)14-6-4-5-12(7-14)10-20-3/h4-8,16H,9-10H2,1-3H3. The fourth-order valence-corrected chi connectivity index (χ4v) is 3.53. The van der Waals surface area contributed by atoms with E-state index in [-0.39, 0.29) is 6.54 Å². The molecule has 0 aliphatic heterocycles. The fourth-order valence-electron chi connectivity index (χ4n) is 1.94. The molecule has 0 aliphatic rings. The molecule has 0 radical (unpaired) electrons. The SMILES string of the molecule is CSCc1cccc(S(=O)(=O)NCc2cnn(C)c2C)c1. The summed E-state index contributed by atoms with van der Waals surface area (Å²) in [5, 5.41) is 4.11. The first kappa shape index (κ1) is 16.1. The Morgan fingerprint density at radius 3 is 2.76 bits per heavy atom. The minimum Gasteiger partial charge on any atom is -0.273 e. The second kappa shape index (κ2) is 6.64. The molecular weight excluding hydrogens is 306 g/mol. The van der Waals surface area contributed by atoms with Gasteiger partial charge in [0, 0.05) is 30.6 Å². The van der Waals surface area contributed by atoms with Crippen molar-refractivity contribution in [3.05, 3.63) is 47.3 Å². The number of nitrogens with one attached hydrogen (secondary N) is 1. The van der Waals surface area contributed by atoms with E-state index in [0.29, 0.717) is 4.90 Å². The third kappa shape index (κ3) is 3.87. The molecule has 0 saturated heterocycles. The van der Waals surface area contributed by atoms with Crippen LogP contribution in [-0.4, -0.2) is 24.5 Å².